The van der Waals surface area contributed by atoms with E-state index in [1.165, 1.54) is 12.8 Å². The molecule has 27 heavy (non-hydrogen) atoms. The van der Waals surface area contributed by atoms with Crippen LogP contribution >= 0.6 is 0 Å². The number of carbonyl (C=O) groups is 1. The van der Waals surface area contributed by atoms with Crippen LogP contribution in [0, 0.1) is 12.3 Å². The number of nitrogens with zero attached hydrogens (tertiary/aromatic N) is 2. The zero-order valence-corrected chi connectivity index (χ0v) is 16.6. The average Bonchev–Trinajstić information content (AvgIpc) is 3.35. The molecule has 1 amide bonds. The van der Waals surface area contributed by atoms with Gasteiger partial charge >= 0.3 is 0 Å². The van der Waals surface area contributed by atoms with Crippen molar-refractivity contribution in [1.82, 2.24) is 9.47 Å². The number of rotatable bonds is 6. The van der Waals surface area contributed by atoms with Gasteiger partial charge in [0.15, 0.2) is 0 Å². The van der Waals surface area contributed by atoms with Crippen LogP contribution in [-0.2, 0) is 0 Å². The Morgan fingerprint density at radius 3 is 2.78 bits per heavy atom. The van der Waals surface area contributed by atoms with Crippen molar-refractivity contribution in [3.05, 3.63) is 29.5 Å². The smallest absolute Gasteiger partial charge is 0.256 e. The highest BCUT2D eigenvalue weighted by Crippen LogP contribution is 2.43. The number of aliphatic hydroxyl groups is 1. The maximum absolute atomic E-state index is 13.5. The molecule has 0 radical (unpaired) electrons. The minimum absolute atomic E-state index is 0.0941. The third kappa shape index (κ3) is 3.02. The van der Waals surface area contributed by atoms with E-state index < -0.39 is 0 Å². The van der Waals surface area contributed by atoms with Gasteiger partial charge in [-0.1, -0.05) is 13.3 Å². The Hall–Kier alpha value is -2.01. The van der Waals surface area contributed by atoms with E-state index in [-0.39, 0.29) is 17.9 Å². The second kappa shape index (κ2) is 6.86. The van der Waals surface area contributed by atoms with Crippen molar-refractivity contribution in [2.24, 2.45) is 5.41 Å². The molecule has 2 aliphatic rings. The summed E-state index contributed by atoms with van der Waals surface area (Å²) in [4.78, 5) is 15.5. The summed E-state index contributed by atoms with van der Waals surface area (Å²) in [6.45, 7) is 5.73. The molecule has 5 heteroatoms. The Kier molecular flexibility index (Phi) is 4.66. The van der Waals surface area contributed by atoms with E-state index in [9.17, 15) is 9.90 Å². The summed E-state index contributed by atoms with van der Waals surface area (Å²) < 4.78 is 7.76. The van der Waals surface area contributed by atoms with E-state index in [2.05, 4.69) is 24.5 Å². The van der Waals surface area contributed by atoms with Gasteiger partial charge in [0.25, 0.3) is 5.91 Å². The van der Waals surface area contributed by atoms with Crippen LogP contribution in [0.2, 0.25) is 0 Å². The predicted octanol–water partition coefficient (Wildman–Crippen LogP) is 3.92. The molecule has 1 unspecified atom stereocenters. The lowest BCUT2D eigenvalue weighted by Crippen LogP contribution is -2.34. The minimum atomic E-state index is -0.134. The van der Waals surface area contributed by atoms with Crippen LogP contribution in [0.25, 0.3) is 10.9 Å². The molecule has 1 aliphatic heterocycles. The molecule has 1 saturated carbocycles. The summed E-state index contributed by atoms with van der Waals surface area (Å²) in [7, 11) is 1.66. The van der Waals surface area contributed by atoms with Crippen LogP contribution < -0.4 is 4.74 Å². The summed E-state index contributed by atoms with van der Waals surface area (Å²) in [6.07, 6.45) is 5.23. The van der Waals surface area contributed by atoms with E-state index in [1.807, 2.05) is 17.0 Å². The van der Waals surface area contributed by atoms with Crippen LogP contribution in [0.4, 0.5) is 0 Å². The number of carbonyl (C=O) groups excluding carboxylic acids is 1. The third-order valence-electron chi connectivity index (χ3n) is 6.42. The topological polar surface area (TPSA) is 54.7 Å². The van der Waals surface area contributed by atoms with Crippen molar-refractivity contribution in [1.29, 1.82) is 0 Å². The van der Waals surface area contributed by atoms with Crippen molar-refractivity contribution in [2.45, 2.75) is 52.0 Å². The molecule has 1 saturated heterocycles. The highest BCUT2D eigenvalue weighted by atomic mass is 16.5. The molecular weight excluding hydrogens is 340 g/mol. The number of likely N-dealkylation sites (tertiary alicyclic amines) is 1. The van der Waals surface area contributed by atoms with Gasteiger partial charge in [-0.25, -0.2) is 0 Å². The fourth-order valence-corrected chi connectivity index (χ4v) is 4.83. The van der Waals surface area contributed by atoms with Gasteiger partial charge in [-0.15, -0.1) is 0 Å². The number of ether oxygens (including phenoxy) is 1. The number of fused-ring (bicyclic) bond motifs is 1. The Morgan fingerprint density at radius 1 is 1.37 bits per heavy atom. The molecule has 4 rings (SSSR count). The summed E-state index contributed by atoms with van der Waals surface area (Å²) >= 11 is 0. The Morgan fingerprint density at radius 2 is 2.15 bits per heavy atom. The van der Waals surface area contributed by atoms with Gasteiger partial charge in [-0.2, -0.15) is 0 Å². The monoisotopic (exact) mass is 370 g/mol. The van der Waals surface area contributed by atoms with E-state index in [0.29, 0.717) is 12.6 Å². The Labute approximate surface area is 160 Å². The molecule has 5 nitrogen and oxygen atoms in total. The fraction of sp³-hybridized carbons (Fsp3) is 0.591. The number of aromatic nitrogens is 1. The lowest BCUT2D eigenvalue weighted by atomic mass is 9.83. The Balaban J connectivity index is 1.75. The first kappa shape index (κ1) is 18.4. The SMILES string of the molecule is CCCC1(CO)CCN(C(=O)c2c(C)n(C3CC3)c3ccc(OC)cc23)C1. The molecule has 146 valence electrons. The first-order chi connectivity index (χ1) is 13.0. The maximum atomic E-state index is 13.5. The quantitative estimate of drug-likeness (QED) is 0.838. The number of amides is 1. The largest absolute Gasteiger partial charge is 0.497 e. The molecule has 0 bridgehead atoms. The van der Waals surface area contributed by atoms with E-state index >= 15 is 0 Å². The molecule has 2 fully saturated rings. The van der Waals surface area contributed by atoms with Crippen LogP contribution in [0.3, 0.4) is 0 Å². The molecule has 1 N–H and O–H groups in total. The molecular formula is C22H30N2O3. The average molecular weight is 370 g/mol. The zero-order chi connectivity index (χ0) is 19.2. The van der Waals surface area contributed by atoms with Crippen LogP contribution in [0.15, 0.2) is 18.2 Å². The number of hydrogen-bond donors (Lipinski definition) is 1. The second-order valence-corrected chi connectivity index (χ2v) is 8.33. The number of methoxy groups -OCH3 is 1. The highest BCUT2D eigenvalue weighted by molar-refractivity contribution is 6.09. The third-order valence-corrected chi connectivity index (χ3v) is 6.42. The molecule has 1 atom stereocenters. The number of benzene rings is 1. The normalized spacial score (nSPS) is 22.6. The Bertz CT molecular complexity index is 868. The van der Waals surface area contributed by atoms with E-state index in [0.717, 1.165) is 53.7 Å². The summed E-state index contributed by atoms with van der Waals surface area (Å²) in [5, 5.41) is 10.9. The minimum Gasteiger partial charge on any atom is -0.497 e. The predicted molar refractivity (Wildman–Crippen MR) is 106 cm³/mol. The number of aliphatic hydroxyl groups excluding tert-OH is 1. The second-order valence-electron chi connectivity index (χ2n) is 8.33. The first-order valence-electron chi connectivity index (χ1n) is 10.1. The van der Waals surface area contributed by atoms with Crippen molar-refractivity contribution in [2.75, 3.05) is 26.8 Å². The van der Waals surface area contributed by atoms with Crippen LogP contribution in [0.1, 0.15) is 61.1 Å². The lowest BCUT2D eigenvalue weighted by molar-refractivity contribution is 0.0730. The van der Waals surface area contributed by atoms with E-state index in [4.69, 9.17) is 4.74 Å². The van der Waals surface area contributed by atoms with Crippen molar-refractivity contribution < 1.29 is 14.6 Å². The zero-order valence-electron chi connectivity index (χ0n) is 16.6. The van der Waals surface area contributed by atoms with Gasteiger partial charge in [0.05, 0.1) is 19.3 Å². The molecule has 0 spiro atoms. The highest BCUT2D eigenvalue weighted by Gasteiger charge is 2.40. The molecule has 1 aliphatic carbocycles. The molecule has 1 aromatic heterocycles. The fourth-order valence-electron chi connectivity index (χ4n) is 4.83. The van der Waals surface area contributed by atoms with Gasteiger partial charge in [0.2, 0.25) is 0 Å². The number of hydrogen-bond acceptors (Lipinski definition) is 3. The van der Waals surface area contributed by atoms with Gasteiger partial charge in [-0.05, 0) is 50.8 Å². The van der Waals surface area contributed by atoms with Crippen molar-refractivity contribution in [3.8, 4) is 5.75 Å². The molecule has 2 aromatic rings. The van der Waals surface area contributed by atoms with Crippen molar-refractivity contribution in [3.63, 3.8) is 0 Å². The van der Waals surface area contributed by atoms with E-state index in [1.54, 1.807) is 7.11 Å². The molecule has 1 aromatic carbocycles. The van der Waals surface area contributed by atoms with Gasteiger partial charge < -0.3 is 19.3 Å². The summed E-state index contributed by atoms with van der Waals surface area (Å²) in [6, 6.07) is 6.56. The van der Waals surface area contributed by atoms with Crippen molar-refractivity contribution >= 4 is 16.8 Å². The molecule has 2 heterocycles. The van der Waals surface area contributed by atoms with Gasteiger partial charge in [0, 0.05) is 41.1 Å². The van der Waals surface area contributed by atoms with Crippen LogP contribution in [0.5, 0.6) is 5.75 Å². The lowest BCUT2D eigenvalue weighted by Gasteiger charge is -2.26. The first-order valence-corrected chi connectivity index (χ1v) is 10.1. The summed E-state index contributed by atoms with van der Waals surface area (Å²) in [5.41, 5.74) is 2.86. The maximum Gasteiger partial charge on any atom is 0.256 e. The van der Waals surface area contributed by atoms with Crippen LogP contribution in [-0.4, -0.2) is 47.3 Å². The van der Waals surface area contributed by atoms with Gasteiger partial charge in [-0.3, -0.25) is 4.79 Å². The standard InChI is InChI=1S/C22H30N2O3/c1-4-9-22(14-25)10-11-23(13-22)21(26)20-15(2)24(16-5-6-16)19-8-7-17(27-3)12-18(19)20/h7-8,12,16,25H,4-6,9-11,13-14H2,1-3H3. The van der Waals surface area contributed by atoms with Gasteiger partial charge in [0.1, 0.15) is 5.75 Å². The summed E-state index contributed by atoms with van der Waals surface area (Å²) in [5.74, 6) is 0.873.